The molecule has 1 fully saturated rings. The van der Waals surface area contributed by atoms with E-state index in [2.05, 4.69) is 20.1 Å². The minimum Gasteiger partial charge on any atom is -0.493 e. The van der Waals surface area contributed by atoms with E-state index in [9.17, 15) is 4.79 Å². The number of amides is 1. The summed E-state index contributed by atoms with van der Waals surface area (Å²) in [5, 5.41) is 12.8. The second-order valence-electron chi connectivity index (χ2n) is 7.47. The first kappa shape index (κ1) is 23.3. The molecule has 1 heterocycles. The van der Waals surface area contributed by atoms with Gasteiger partial charge in [0.2, 0.25) is 5.91 Å². The second kappa shape index (κ2) is 10.8. The van der Waals surface area contributed by atoms with E-state index in [1.807, 2.05) is 36.4 Å². The normalized spacial score (nSPS) is 12.9. The molecule has 1 N–H and O–H groups in total. The summed E-state index contributed by atoms with van der Waals surface area (Å²) in [5.74, 6) is 2.76. The van der Waals surface area contributed by atoms with Crippen LogP contribution in [0.15, 0.2) is 47.6 Å². The Bertz CT molecular complexity index is 1120. The number of hydrogen-bond acceptors (Lipinski definition) is 7. The van der Waals surface area contributed by atoms with Crippen LogP contribution in [0, 0.1) is 0 Å². The summed E-state index contributed by atoms with van der Waals surface area (Å²) in [5.41, 5.74) is 0.922. The predicted molar refractivity (Wildman–Crippen MR) is 126 cm³/mol. The molecule has 2 aromatic carbocycles. The largest absolute Gasteiger partial charge is 0.493 e. The number of thioether (sulfide) groups is 1. The third-order valence-electron chi connectivity index (χ3n) is 5.11. The predicted octanol–water partition coefficient (Wildman–Crippen LogP) is 4.27. The molecule has 0 atom stereocenters. The fraction of sp³-hybridized carbons (Fsp3) is 0.348. The number of aromatic nitrogens is 3. The Hall–Kier alpha value is -2.91. The van der Waals surface area contributed by atoms with Crippen LogP contribution in [0.4, 0.5) is 0 Å². The van der Waals surface area contributed by atoms with Gasteiger partial charge in [-0.15, -0.1) is 10.2 Å². The van der Waals surface area contributed by atoms with Gasteiger partial charge in [-0.05, 0) is 42.7 Å². The lowest BCUT2D eigenvalue weighted by Gasteiger charge is -2.11. The lowest BCUT2D eigenvalue weighted by Crippen LogP contribution is -2.24. The molecule has 174 valence electrons. The molecule has 1 saturated carbocycles. The number of hydrogen-bond donors (Lipinski definition) is 1. The van der Waals surface area contributed by atoms with Crippen LogP contribution in [-0.4, -0.2) is 40.6 Å². The maximum absolute atomic E-state index is 12.4. The Morgan fingerprint density at radius 2 is 1.91 bits per heavy atom. The van der Waals surface area contributed by atoms with Crippen molar-refractivity contribution >= 4 is 29.3 Å². The number of ether oxygens (including phenoxy) is 3. The number of rotatable bonds is 11. The molecule has 1 amide bonds. The van der Waals surface area contributed by atoms with Crippen molar-refractivity contribution in [2.45, 2.75) is 37.2 Å². The van der Waals surface area contributed by atoms with E-state index in [1.54, 1.807) is 20.3 Å². The number of halogens is 1. The molecule has 0 spiro atoms. The zero-order valence-electron chi connectivity index (χ0n) is 18.4. The second-order valence-corrected chi connectivity index (χ2v) is 8.82. The van der Waals surface area contributed by atoms with Gasteiger partial charge in [0.25, 0.3) is 0 Å². The fourth-order valence-corrected chi connectivity index (χ4v) is 4.32. The highest BCUT2D eigenvalue weighted by Gasteiger charge is 2.30. The van der Waals surface area contributed by atoms with Crippen LogP contribution < -0.4 is 19.5 Å². The maximum Gasteiger partial charge on any atom is 0.230 e. The molecule has 0 unspecified atom stereocenters. The molecular weight excluding hydrogens is 464 g/mol. The van der Waals surface area contributed by atoms with Gasteiger partial charge in [0.1, 0.15) is 12.4 Å². The van der Waals surface area contributed by atoms with Gasteiger partial charge in [0.15, 0.2) is 22.5 Å². The lowest BCUT2D eigenvalue weighted by molar-refractivity contribution is -0.118. The van der Waals surface area contributed by atoms with Crippen molar-refractivity contribution < 1.29 is 19.0 Å². The van der Waals surface area contributed by atoms with Gasteiger partial charge in [-0.2, -0.15) is 0 Å². The molecule has 33 heavy (non-hydrogen) atoms. The Balaban J connectivity index is 1.32. The van der Waals surface area contributed by atoms with Crippen LogP contribution in [-0.2, 0) is 17.9 Å². The summed E-state index contributed by atoms with van der Waals surface area (Å²) in [4.78, 5) is 12.4. The van der Waals surface area contributed by atoms with E-state index >= 15 is 0 Å². The summed E-state index contributed by atoms with van der Waals surface area (Å²) in [6.45, 7) is 0.658. The topological polar surface area (TPSA) is 87.5 Å². The number of carbonyl (C=O) groups is 1. The Kier molecular flexibility index (Phi) is 7.61. The fourth-order valence-electron chi connectivity index (χ4n) is 3.28. The molecule has 0 bridgehead atoms. The molecule has 3 aromatic rings. The van der Waals surface area contributed by atoms with Gasteiger partial charge in [-0.25, -0.2) is 0 Å². The Morgan fingerprint density at radius 3 is 2.64 bits per heavy atom. The molecule has 8 nitrogen and oxygen atoms in total. The standard InChI is InChI=1S/C23H25ClN4O4S/c1-30-19-10-7-15(11-20(19)31-2)12-25-22(29)14-33-23-27-26-21(28(23)16-8-9-16)13-32-18-6-4-3-5-17(18)24/h3-7,10-11,16H,8-9,12-14H2,1-2H3,(H,25,29). The molecule has 1 aromatic heterocycles. The first-order chi connectivity index (χ1) is 16.1. The van der Waals surface area contributed by atoms with Crippen molar-refractivity contribution in [3.63, 3.8) is 0 Å². The van der Waals surface area contributed by atoms with Crippen molar-refractivity contribution in [2.24, 2.45) is 0 Å². The smallest absolute Gasteiger partial charge is 0.230 e. The average molecular weight is 489 g/mol. The van der Waals surface area contributed by atoms with Gasteiger partial charge >= 0.3 is 0 Å². The number of nitrogens with zero attached hydrogens (tertiary/aromatic N) is 3. The number of methoxy groups -OCH3 is 2. The van der Waals surface area contributed by atoms with E-state index < -0.39 is 0 Å². The lowest BCUT2D eigenvalue weighted by atomic mass is 10.2. The van der Waals surface area contributed by atoms with Gasteiger partial charge < -0.3 is 19.5 Å². The van der Waals surface area contributed by atoms with Crippen LogP contribution in [0.2, 0.25) is 5.02 Å². The molecule has 0 aliphatic heterocycles. The highest BCUT2D eigenvalue weighted by atomic mass is 35.5. The van der Waals surface area contributed by atoms with Gasteiger partial charge in [0, 0.05) is 12.6 Å². The summed E-state index contributed by atoms with van der Waals surface area (Å²) in [7, 11) is 3.17. The van der Waals surface area contributed by atoms with E-state index in [-0.39, 0.29) is 18.3 Å². The average Bonchev–Trinajstić information content (AvgIpc) is 3.60. The van der Waals surface area contributed by atoms with Crippen LogP contribution >= 0.6 is 23.4 Å². The number of para-hydroxylation sites is 1. The van der Waals surface area contributed by atoms with Crippen LogP contribution in [0.1, 0.15) is 30.3 Å². The van der Waals surface area contributed by atoms with Crippen molar-refractivity contribution in [2.75, 3.05) is 20.0 Å². The van der Waals surface area contributed by atoms with Crippen molar-refractivity contribution in [1.82, 2.24) is 20.1 Å². The highest BCUT2D eigenvalue weighted by Crippen LogP contribution is 2.39. The third-order valence-corrected chi connectivity index (χ3v) is 6.37. The summed E-state index contributed by atoms with van der Waals surface area (Å²) >= 11 is 7.54. The van der Waals surface area contributed by atoms with Crippen molar-refractivity contribution in [3.05, 3.63) is 58.9 Å². The van der Waals surface area contributed by atoms with Crippen LogP contribution in [0.3, 0.4) is 0 Å². The summed E-state index contributed by atoms with van der Waals surface area (Å²) in [6.07, 6.45) is 2.13. The van der Waals surface area contributed by atoms with Crippen LogP contribution in [0.25, 0.3) is 0 Å². The Morgan fingerprint density at radius 1 is 1.12 bits per heavy atom. The number of benzene rings is 2. The SMILES string of the molecule is COc1ccc(CNC(=O)CSc2nnc(COc3ccccc3Cl)n2C2CC2)cc1OC. The minimum atomic E-state index is -0.0889. The van der Waals surface area contributed by atoms with Crippen molar-refractivity contribution in [1.29, 1.82) is 0 Å². The van der Waals surface area contributed by atoms with Gasteiger partial charge in [0.05, 0.1) is 25.0 Å². The molecule has 0 radical (unpaired) electrons. The Labute approximate surface area is 201 Å². The van der Waals surface area contributed by atoms with E-state index in [0.717, 1.165) is 29.4 Å². The molecule has 1 aliphatic carbocycles. The summed E-state index contributed by atoms with van der Waals surface area (Å²) in [6, 6.07) is 13.2. The van der Waals surface area contributed by atoms with Crippen molar-refractivity contribution in [3.8, 4) is 17.2 Å². The van der Waals surface area contributed by atoms with E-state index in [0.29, 0.717) is 34.9 Å². The quantitative estimate of drug-likeness (QED) is 0.403. The molecule has 10 heteroatoms. The summed E-state index contributed by atoms with van der Waals surface area (Å²) < 4.78 is 18.5. The van der Waals surface area contributed by atoms with Crippen LogP contribution in [0.5, 0.6) is 17.2 Å². The first-order valence-corrected chi connectivity index (χ1v) is 11.9. The molecule has 0 saturated heterocycles. The zero-order valence-corrected chi connectivity index (χ0v) is 20.0. The molecular formula is C23H25ClN4O4S. The number of carbonyl (C=O) groups excluding carboxylic acids is 1. The monoisotopic (exact) mass is 488 g/mol. The first-order valence-electron chi connectivity index (χ1n) is 10.5. The van der Waals surface area contributed by atoms with E-state index in [1.165, 1.54) is 11.8 Å². The maximum atomic E-state index is 12.4. The third kappa shape index (κ3) is 5.91. The van der Waals surface area contributed by atoms with Gasteiger partial charge in [-0.3, -0.25) is 9.36 Å². The van der Waals surface area contributed by atoms with Gasteiger partial charge in [-0.1, -0.05) is 41.6 Å². The molecule has 1 aliphatic rings. The highest BCUT2D eigenvalue weighted by molar-refractivity contribution is 7.99. The number of nitrogens with one attached hydrogen (secondary N) is 1. The van der Waals surface area contributed by atoms with E-state index in [4.69, 9.17) is 25.8 Å². The zero-order chi connectivity index (χ0) is 23.2. The minimum absolute atomic E-state index is 0.0889. The molecule has 4 rings (SSSR count).